The smallest absolute Gasteiger partial charge is 0.257 e. The lowest BCUT2D eigenvalue weighted by Gasteiger charge is -2.26. The predicted molar refractivity (Wildman–Crippen MR) is 130 cm³/mol. The molecule has 0 spiro atoms. The van der Waals surface area contributed by atoms with Gasteiger partial charge in [-0.15, -0.1) is 11.3 Å². The topological polar surface area (TPSA) is 109 Å². The molecule has 0 saturated heterocycles. The fourth-order valence-corrected chi connectivity index (χ4v) is 5.01. The number of benzene rings is 2. The molecule has 0 aliphatic carbocycles. The number of aromatic nitrogens is 1. The van der Waals surface area contributed by atoms with E-state index in [2.05, 4.69) is 20.9 Å². The highest BCUT2D eigenvalue weighted by Crippen LogP contribution is 2.36. The Morgan fingerprint density at radius 3 is 2.91 bits per heavy atom. The Hall–Kier alpha value is -3.72. The van der Waals surface area contributed by atoms with E-state index < -0.39 is 0 Å². The van der Waals surface area contributed by atoms with Crippen LogP contribution in [0.1, 0.15) is 53.7 Å². The van der Waals surface area contributed by atoms with E-state index in [1.54, 1.807) is 12.1 Å². The highest BCUT2D eigenvalue weighted by molar-refractivity contribution is 7.14. The van der Waals surface area contributed by atoms with E-state index in [9.17, 15) is 14.4 Å². The van der Waals surface area contributed by atoms with Crippen LogP contribution >= 0.6 is 11.3 Å². The molecule has 3 aromatic rings. The highest BCUT2D eigenvalue weighted by Gasteiger charge is 2.23. The lowest BCUT2D eigenvalue weighted by atomic mass is 9.97. The Bertz CT molecular complexity index is 1290. The molecular formula is C25H24N4O4S. The number of aryl methyl sites for hydroxylation is 1. The molecule has 0 radical (unpaired) electrons. The van der Waals surface area contributed by atoms with Gasteiger partial charge in [0.15, 0.2) is 5.13 Å². The van der Waals surface area contributed by atoms with Crippen molar-refractivity contribution in [2.24, 2.45) is 0 Å². The fraction of sp³-hybridized carbons (Fsp3) is 0.280. The number of hydrogen-bond acceptors (Lipinski definition) is 6. The molecule has 3 heterocycles. The number of ether oxygens (including phenoxy) is 1. The van der Waals surface area contributed by atoms with Crippen molar-refractivity contribution >= 4 is 39.9 Å². The van der Waals surface area contributed by atoms with E-state index in [-0.39, 0.29) is 23.8 Å². The number of rotatable bonds is 4. The van der Waals surface area contributed by atoms with Crippen molar-refractivity contribution in [1.82, 2.24) is 10.3 Å². The fourth-order valence-electron chi connectivity index (χ4n) is 4.30. The molecule has 8 nitrogen and oxygen atoms in total. The summed E-state index contributed by atoms with van der Waals surface area (Å²) in [6, 6.07) is 11.0. The number of nitrogens with zero attached hydrogens (tertiary/aromatic N) is 1. The van der Waals surface area contributed by atoms with Gasteiger partial charge < -0.3 is 15.4 Å². The number of carbonyl (C=O) groups is 3. The van der Waals surface area contributed by atoms with Crippen LogP contribution in [-0.4, -0.2) is 29.3 Å². The summed E-state index contributed by atoms with van der Waals surface area (Å²) in [5.74, 6) is 0.436. The third kappa shape index (κ3) is 4.65. The van der Waals surface area contributed by atoms with Gasteiger partial charge in [0, 0.05) is 47.5 Å². The normalized spacial score (nSPS) is 16.9. The summed E-state index contributed by atoms with van der Waals surface area (Å²) >= 11 is 1.35. The largest absolute Gasteiger partial charge is 0.493 e. The summed E-state index contributed by atoms with van der Waals surface area (Å²) in [4.78, 5) is 40.8. The third-order valence-corrected chi connectivity index (χ3v) is 6.70. The van der Waals surface area contributed by atoms with Crippen molar-refractivity contribution < 1.29 is 19.1 Å². The molecule has 3 amide bonds. The molecule has 174 valence electrons. The maximum atomic E-state index is 12.8. The van der Waals surface area contributed by atoms with Crippen molar-refractivity contribution in [3.63, 3.8) is 0 Å². The minimum absolute atomic E-state index is 0.00315. The summed E-state index contributed by atoms with van der Waals surface area (Å²) in [5.41, 5.74) is 4.80. The molecule has 1 unspecified atom stereocenters. The first-order valence-corrected chi connectivity index (χ1v) is 12.1. The van der Waals surface area contributed by atoms with Crippen LogP contribution < -0.4 is 20.7 Å². The van der Waals surface area contributed by atoms with Crippen LogP contribution in [0.4, 0.5) is 10.8 Å². The Morgan fingerprint density at radius 2 is 2.06 bits per heavy atom. The monoisotopic (exact) mass is 476 g/mol. The summed E-state index contributed by atoms with van der Waals surface area (Å²) < 4.78 is 5.74. The maximum Gasteiger partial charge on any atom is 0.257 e. The zero-order chi connectivity index (χ0) is 23.7. The van der Waals surface area contributed by atoms with E-state index in [1.165, 1.54) is 18.3 Å². The summed E-state index contributed by atoms with van der Waals surface area (Å²) in [6.45, 7) is 2.06. The number of fused-ring (bicyclic) bond motifs is 2. The number of nitrogens with one attached hydrogen (secondary N) is 3. The average molecular weight is 477 g/mol. The van der Waals surface area contributed by atoms with E-state index in [0.29, 0.717) is 30.1 Å². The molecule has 0 bridgehead atoms. The molecule has 0 saturated carbocycles. The predicted octanol–water partition coefficient (Wildman–Crippen LogP) is 4.30. The Morgan fingerprint density at radius 1 is 1.18 bits per heavy atom. The van der Waals surface area contributed by atoms with Gasteiger partial charge in [-0.1, -0.05) is 0 Å². The van der Waals surface area contributed by atoms with Crippen LogP contribution in [0, 0.1) is 0 Å². The van der Waals surface area contributed by atoms with Gasteiger partial charge >= 0.3 is 0 Å². The van der Waals surface area contributed by atoms with Gasteiger partial charge in [0.05, 0.1) is 18.3 Å². The van der Waals surface area contributed by atoms with Gasteiger partial charge in [-0.05, 0) is 54.8 Å². The van der Waals surface area contributed by atoms with Gasteiger partial charge in [-0.2, -0.15) is 0 Å². The minimum atomic E-state index is -0.246. The summed E-state index contributed by atoms with van der Waals surface area (Å²) in [5, 5.41) is 11.1. The van der Waals surface area contributed by atoms with Crippen LogP contribution in [0.2, 0.25) is 0 Å². The molecule has 1 atom stereocenters. The highest BCUT2D eigenvalue weighted by atomic mass is 32.1. The number of carbonyl (C=O) groups excluding carboxylic acids is 3. The Labute approximate surface area is 200 Å². The van der Waals surface area contributed by atoms with Crippen LogP contribution in [0.3, 0.4) is 0 Å². The van der Waals surface area contributed by atoms with Gasteiger partial charge in [-0.3, -0.25) is 19.7 Å². The van der Waals surface area contributed by atoms with Crippen LogP contribution in [0.15, 0.2) is 41.8 Å². The minimum Gasteiger partial charge on any atom is -0.493 e. The Balaban J connectivity index is 1.33. The van der Waals surface area contributed by atoms with Crippen molar-refractivity contribution in [3.05, 3.63) is 58.5 Å². The number of thiazole rings is 1. The van der Waals surface area contributed by atoms with Crippen molar-refractivity contribution in [3.8, 4) is 17.0 Å². The molecule has 3 N–H and O–H groups in total. The molecular weight excluding hydrogens is 452 g/mol. The maximum absolute atomic E-state index is 12.8. The molecule has 2 aliphatic rings. The lowest BCUT2D eigenvalue weighted by molar-refractivity contribution is -0.120. The molecule has 34 heavy (non-hydrogen) atoms. The zero-order valence-corrected chi connectivity index (χ0v) is 19.5. The lowest BCUT2D eigenvalue weighted by Crippen LogP contribution is -2.30. The zero-order valence-electron chi connectivity index (χ0n) is 18.6. The van der Waals surface area contributed by atoms with Crippen molar-refractivity contribution in [2.75, 3.05) is 17.2 Å². The summed E-state index contributed by atoms with van der Waals surface area (Å²) in [6.07, 6.45) is 2.70. The Kier molecular flexibility index (Phi) is 6.02. The number of amides is 3. The van der Waals surface area contributed by atoms with E-state index >= 15 is 0 Å². The molecule has 9 heteroatoms. The van der Waals surface area contributed by atoms with Gasteiger partial charge in [0.1, 0.15) is 5.75 Å². The second-order valence-corrected chi connectivity index (χ2v) is 9.27. The molecule has 0 fully saturated rings. The van der Waals surface area contributed by atoms with Crippen LogP contribution in [0.25, 0.3) is 11.3 Å². The molecule has 1 aromatic heterocycles. The average Bonchev–Trinajstić information content (AvgIpc) is 3.19. The first-order valence-electron chi connectivity index (χ1n) is 11.2. The third-order valence-electron chi connectivity index (χ3n) is 5.94. The number of hydrogen-bond donors (Lipinski definition) is 3. The van der Waals surface area contributed by atoms with Crippen molar-refractivity contribution in [1.29, 1.82) is 0 Å². The van der Waals surface area contributed by atoms with E-state index in [4.69, 9.17) is 4.74 Å². The van der Waals surface area contributed by atoms with Gasteiger partial charge in [0.2, 0.25) is 11.8 Å². The van der Waals surface area contributed by atoms with Crippen molar-refractivity contribution in [2.45, 2.75) is 38.6 Å². The van der Waals surface area contributed by atoms with Gasteiger partial charge in [0.25, 0.3) is 5.91 Å². The summed E-state index contributed by atoms with van der Waals surface area (Å²) in [7, 11) is 0. The van der Waals surface area contributed by atoms with E-state index in [0.717, 1.165) is 46.7 Å². The second kappa shape index (κ2) is 9.26. The van der Waals surface area contributed by atoms with Crippen LogP contribution in [-0.2, 0) is 16.0 Å². The first kappa shape index (κ1) is 22.1. The quantitative estimate of drug-likeness (QED) is 0.520. The van der Waals surface area contributed by atoms with Gasteiger partial charge in [-0.25, -0.2) is 4.98 Å². The van der Waals surface area contributed by atoms with Crippen LogP contribution in [0.5, 0.6) is 5.75 Å². The standard InChI is InChI=1S/C25H24N4O4S/c1-14(30)26-20-9-10-33-22-8-6-16(12-18(20)22)21-13-34-25(28-21)29-24(32)17-5-7-19-15(11-17)3-2-4-23(31)27-19/h5-8,11-13,20H,2-4,9-10H2,1H3,(H,26,30)(H,27,31)(H,28,29,32). The molecule has 2 aliphatic heterocycles. The molecule has 5 rings (SSSR count). The van der Waals surface area contributed by atoms with E-state index in [1.807, 2.05) is 29.6 Å². The second-order valence-electron chi connectivity index (χ2n) is 8.41. The SMILES string of the molecule is CC(=O)NC1CCOc2ccc(-c3csc(NC(=O)c4ccc5c(c4)CCCC(=O)N5)n3)cc21. The first-order chi connectivity index (χ1) is 16.5. The molecule has 2 aromatic carbocycles. The number of anilines is 2.